The highest BCUT2D eigenvalue weighted by Gasteiger charge is 2.55. The van der Waals surface area contributed by atoms with E-state index < -0.39 is 6.10 Å². The molecule has 2 rings (SSSR count). The number of aliphatic hydroxyl groups is 1. The molecule has 3 heteroatoms. The van der Waals surface area contributed by atoms with Crippen LogP contribution in [0.2, 0.25) is 0 Å². The van der Waals surface area contributed by atoms with Crippen LogP contribution < -0.4 is 0 Å². The lowest BCUT2D eigenvalue weighted by atomic mass is 9.89. The summed E-state index contributed by atoms with van der Waals surface area (Å²) in [4.78, 5) is 24.6. The molecule has 0 aromatic rings. The number of allylic oxidation sites excluding steroid dienone is 1. The van der Waals surface area contributed by atoms with Crippen LogP contribution in [-0.4, -0.2) is 22.8 Å². The van der Waals surface area contributed by atoms with Crippen LogP contribution in [0.5, 0.6) is 0 Å². The van der Waals surface area contributed by atoms with E-state index in [1.165, 1.54) is 0 Å². The Morgan fingerprint density at radius 2 is 1.78 bits per heavy atom. The third kappa shape index (κ3) is 4.12. The third-order valence-electron chi connectivity index (χ3n) is 6.24. The predicted molar refractivity (Wildman–Crippen MR) is 92.0 cm³/mol. The largest absolute Gasteiger partial charge is 0.385 e. The molecule has 0 heterocycles. The van der Waals surface area contributed by atoms with Crippen LogP contribution in [0, 0.1) is 29.1 Å². The Morgan fingerprint density at radius 3 is 2.43 bits per heavy atom. The average molecular weight is 320 g/mol. The van der Waals surface area contributed by atoms with Crippen molar-refractivity contribution in [2.24, 2.45) is 29.1 Å². The molecule has 1 fully saturated rings. The number of fused-ring (bicyclic) bond motifs is 1. The molecule has 0 bridgehead atoms. The Hall–Kier alpha value is -0.960. The molecule has 130 valence electrons. The van der Waals surface area contributed by atoms with E-state index in [-0.39, 0.29) is 29.3 Å². The van der Waals surface area contributed by atoms with E-state index in [0.717, 1.165) is 19.3 Å². The molecule has 5 atom stereocenters. The zero-order chi connectivity index (χ0) is 17.4. The van der Waals surface area contributed by atoms with Crippen LogP contribution in [0.3, 0.4) is 0 Å². The zero-order valence-electron chi connectivity index (χ0n) is 15.3. The molecule has 1 saturated carbocycles. The van der Waals surface area contributed by atoms with Crippen molar-refractivity contribution in [1.82, 2.24) is 0 Å². The minimum atomic E-state index is -1.05. The summed E-state index contributed by atoms with van der Waals surface area (Å²) < 4.78 is 0. The SMILES string of the molecule is C/C1=C\[C@@H]2[C@H](CC[C@H](C)CCC(=O)[C@H](C)C[C@@H](O)C1=O)C2(C)C. The number of hydrogen-bond donors (Lipinski definition) is 1. The number of ketones is 2. The molecule has 1 N–H and O–H groups in total. The number of carbonyl (C=O) groups excluding carboxylic acids is 2. The summed E-state index contributed by atoms with van der Waals surface area (Å²) in [7, 11) is 0. The first kappa shape index (κ1) is 18.4. The second-order valence-corrected chi connectivity index (χ2v) is 8.51. The highest BCUT2D eigenvalue weighted by molar-refractivity contribution is 5.98. The Morgan fingerprint density at radius 1 is 1.13 bits per heavy atom. The smallest absolute Gasteiger partial charge is 0.186 e. The highest BCUT2D eigenvalue weighted by atomic mass is 16.3. The van der Waals surface area contributed by atoms with Crippen molar-refractivity contribution < 1.29 is 14.7 Å². The van der Waals surface area contributed by atoms with Crippen LogP contribution in [0.25, 0.3) is 0 Å². The van der Waals surface area contributed by atoms with Gasteiger partial charge < -0.3 is 5.11 Å². The Kier molecular flexibility index (Phi) is 5.50. The first-order valence-corrected chi connectivity index (χ1v) is 9.08. The second kappa shape index (κ2) is 6.88. The lowest BCUT2D eigenvalue weighted by Crippen LogP contribution is -2.27. The summed E-state index contributed by atoms with van der Waals surface area (Å²) in [5.74, 6) is 1.32. The van der Waals surface area contributed by atoms with E-state index in [9.17, 15) is 14.7 Å². The molecule has 0 aliphatic heterocycles. The molecule has 2 aliphatic carbocycles. The molecular formula is C20H32O3. The van der Waals surface area contributed by atoms with Gasteiger partial charge in [-0.05, 0) is 54.9 Å². The minimum Gasteiger partial charge on any atom is -0.385 e. The molecular weight excluding hydrogens is 288 g/mol. The lowest BCUT2D eigenvalue weighted by Gasteiger charge is -2.17. The molecule has 2 aliphatic rings. The summed E-state index contributed by atoms with van der Waals surface area (Å²) in [6.45, 7) is 10.4. The number of hydrogen-bond acceptors (Lipinski definition) is 3. The molecule has 3 nitrogen and oxygen atoms in total. The Balaban J connectivity index is 2.18. The molecule has 0 aromatic carbocycles. The molecule has 0 amide bonds. The zero-order valence-corrected chi connectivity index (χ0v) is 15.3. The van der Waals surface area contributed by atoms with Crippen LogP contribution in [0.15, 0.2) is 11.6 Å². The van der Waals surface area contributed by atoms with Crippen LogP contribution in [0.4, 0.5) is 0 Å². The van der Waals surface area contributed by atoms with Gasteiger partial charge in [0, 0.05) is 12.3 Å². The van der Waals surface area contributed by atoms with E-state index in [0.29, 0.717) is 29.7 Å². The molecule has 0 aromatic heterocycles. The van der Waals surface area contributed by atoms with Crippen molar-refractivity contribution in [3.8, 4) is 0 Å². The summed E-state index contributed by atoms with van der Waals surface area (Å²) in [5.41, 5.74) is 0.901. The number of aliphatic hydroxyl groups excluding tert-OH is 1. The fourth-order valence-electron chi connectivity index (χ4n) is 4.10. The van der Waals surface area contributed by atoms with Crippen molar-refractivity contribution in [2.45, 2.75) is 72.8 Å². The van der Waals surface area contributed by atoms with Gasteiger partial charge in [-0.15, -0.1) is 0 Å². The Labute approximate surface area is 140 Å². The first-order valence-electron chi connectivity index (χ1n) is 9.08. The summed E-state index contributed by atoms with van der Waals surface area (Å²) >= 11 is 0. The normalized spacial score (nSPS) is 41.5. The van der Waals surface area contributed by atoms with Crippen LogP contribution in [-0.2, 0) is 9.59 Å². The standard InChI is InChI=1S/C20H32O3/c1-12-6-8-15-16(20(15,4)5)10-14(3)19(23)18(22)11-13(2)17(21)9-7-12/h10,12-13,15-16,18,22H,6-9,11H2,1-5H3/b14-10+/t12-,13+,15-,16+,18+/m0/s1. The molecule has 0 unspecified atom stereocenters. The summed E-state index contributed by atoms with van der Waals surface area (Å²) in [5, 5.41) is 10.2. The van der Waals surface area contributed by atoms with E-state index in [2.05, 4.69) is 26.8 Å². The maximum atomic E-state index is 12.4. The van der Waals surface area contributed by atoms with Gasteiger partial charge in [0.05, 0.1) is 0 Å². The average Bonchev–Trinajstić information content (AvgIpc) is 3.00. The maximum absolute atomic E-state index is 12.4. The van der Waals surface area contributed by atoms with Gasteiger partial charge in [0.25, 0.3) is 0 Å². The van der Waals surface area contributed by atoms with Gasteiger partial charge in [0.2, 0.25) is 0 Å². The van der Waals surface area contributed by atoms with E-state index in [1.807, 2.05) is 6.92 Å². The number of carbonyl (C=O) groups is 2. The van der Waals surface area contributed by atoms with Gasteiger partial charge >= 0.3 is 0 Å². The molecule has 0 spiro atoms. The minimum absolute atomic E-state index is 0.173. The topological polar surface area (TPSA) is 54.4 Å². The van der Waals surface area contributed by atoms with Crippen molar-refractivity contribution in [3.05, 3.63) is 11.6 Å². The number of rotatable bonds is 0. The molecule has 23 heavy (non-hydrogen) atoms. The van der Waals surface area contributed by atoms with Crippen LogP contribution >= 0.6 is 0 Å². The third-order valence-corrected chi connectivity index (χ3v) is 6.24. The van der Waals surface area contributed by atoms with Crippen LogP contribution in [0.1, 0.15) is 66.7 Å². The van der Waals surface area contributed by atoms with Gasteiger partial charge in [-0.1, -0.05) is 40.2 Å². The Bertz CT molecular complexity index is 503. The van der Waals surface area contributed by atoms with Gasteiger partial charge in [-0.25, -0.2) is 0 Å². The molecule has 0 saturated heterocycles. The van der Waals surface area contributed by atoms with Crippen molar-refractivity contribution in [1.29, 1.82) is 0 Å². The molecule has 0 radical (unpaired) electrons. The first-order chi connectivity index (χ1) is 10.6. The van der Waals surface area contributed by atoms with Crippen molar-refractivity contribution in [3.63, 3.8) is 0 Å². The maximum Gasteiger partial charge on any atom is 0.186 e. The number of Topliss-reactive ketones (excluding diaryl/α,β-unsaturated/α-hetero) is 2. The van der Waals surface area contributed by atoms with Gasteiger partial charge in [-0.2, -0.15) is 0 Å². The monoisotopic (exact) mass is 320 g/mol. The fourth-order valence-corrected chi connectivity index (χ4v) is 4.10. The highest BCUT2D eigenvalue weighted by Crippen LogP contribution is 2.61. The van der Waals surface area contributed by atoms with Crippen molar-refractivity contribution >= 4 is 11.6 Å². The van der Waals surface area contributed by atoms with Crippen molar-refractivity contribution in [2.75, 3.05) is 0 Å². The van der Waals surface area contributed by atoms with Gasteiger partial charge in [0.15, 0.2) is 5.78 Å². The van der Waals surface area contributed by atoms with Gasteiger partial charge in [0.1, 0.15) is 11.9 Å². The van der Waals surface area contributed by atoms with Gasteiger partial charge in [-0.3, -0.25) is 9.59 Å². The fraction of sp³-hybridized carbons (Fsp3) is 0.800. The lowest BCUT2D eigenvalue weighted by molar-refractivity contribution is -0.127. The summed E-state index contributed by atoms with van der Waals surface area (Å²) in [6.07, 6.45) is 5.05. The predicted octanol–water partition coefficient (Wildman–Crippen LogP) is 3.94. The summed E-state index contributed by atoms with van der Waals surface area (Å²) in [6, 6.07) is 0. The van der Waals surface area contributed by atoms with E-state index >= 15 is 0 Å². The van der Waals surface area contributed by atoms with E-state index in [4.69, 9.17) is 0 Å². The second-order valence-electron chi connectivity index (χ2n) is 8.51. The quantitative estimate of drug-likeness (QED) is 0.735. The van der Waals surface area contributed by atoms with E-state index in [1.54, 1.807) is 6.92 Å².